The molecule has 196 valence electrons. The lowest BCUT2D eigenvalue weighted by Crippen LogP contribution is -2.33. The second-order valence-corrected chi connectivity index (χ2v) is 11.9. The van der Waals surface area contributed by atoms with E-state index in [2.05, 4.69) is 0 Å². The van der Waals surface area contributed by atoms with Gasteiger partial charge in [0.25, 0.3) is 0 Å². The van der Waals surface area contributed by atoms with Crippen LogP contribution >= 0.6 is 11.6 Å². The lowest BCUT2D eigenvalue weighted by atomic mass is 10.0. The van der Waals surface area contributed by atoms with Crippen LogP contribution in [0, 0.1) is 20.8 Å². The highest BCUT2D eigenvalue weighted by Crippen LogP contribution is 2.28. The highest BCUT2D eigenvalue weighted by Gasteiger charge is 2.28. The fourth-order valence-electron chi connectivity index (χ4n) is 4.79. The summed E-state index contributed by atoms with van der Waals surface area (Å²) in [6.07, 6.45) is 0.530. The van der Waals surface area contributed by atoms with E-state index in [4.69, 9.17) is 17.3 Å². The van der Waals surface area contributed by atoms with Crippen LogP contribution in [0.5, 0.6) is 0 Å². The maximum absolute atomic E-state index is 14.0. The maximum atomic E-state index is 14.0. The molecule has 7 heteroatoms. The molecular formula is C31H31ClN2O3S. The first-order valence-electron chi connectivity index (χ1n) is 12.4. The van der Waals surface area contributed by atoms with Crippen LogP contribution in [0.4, 0.5) is 0 Å². The van der Waals surface area contributed by atoms with Crippen molar-refractivity contribution in [3.63, 3.8) is 0 Å². The molecule has 0 saturated carbocycles. The van der Waals surface area contributed by atoms with Crippen LogP contribution in [0.2, 0.25) is 5.02 Å². The molecule has 4 aromatic carbocycles. The number of nitrogens with zero attached hydrogens (tertiary/aromatic N) is 1. The first-order valence-corrected chi connectivity index (χ1v) is 14.2. The van der Waals surface area contributed by atoms with Crippen molar-refractivity contribution in [3.05, 3.63) is 123 Å². The average molecular weight is 547 g/mol. The number of primary amides is 1. The molecule has 0 aromatic heterocycles. The number of rotatable bonds is 9. The summed E-state index contributed by atoms with van der Waals surface area (Å²) >= 11 is 6.17. The normalized spacial score (nSPS) is 11.6. The van der Waals surface area contributed by atoms with Gasteiger partial charge in [0, 0.05) is 23.7 Å². The van der Waals surface area contributed by atoms with Gasteiger partial charge in [0.1, 0.15) is 0 Å². The van der Waals surface area contributed by atoms with Gasteiger partial charge >= 0.3 is 0 Å². The van der Waals surface area contributed by atoms with Gasteiger partial charge in [-0.05, 0) is 84.8 Å². The number of halogens is 1. The molecule has 4 rings (SSSR count). The number of hydrogen-bond acceptors (Lipinski definition) is 3. The minimum atomic E-state index is -3.79. The smallest absolute Gasteiger partial charge is 0.248 e. The third kappa shape index (κ3) is 6.33. The molecule has 0 unspecified atom stereocenters. The van der Waals surface area contributed by atoms with Gasteiger partial charge < -0.3 is 5.73 Å². The fraction of sp³-hybridized carbons (Fsp3) is 0.194. The summed E-state index contributed by atoms with van der Waals surface area (Å²) in [5, 5.41) is 0.623. The first kappa shape index (κ1) is 27.6. The minimum absolute atomic E-state index is 0.220. The van der Waals surface area contributed by atoms with Crippen LogP contribution in [0.1, 0.15) is 38.2 Å². The summed E-state index contributed by atoms with van der Waals surface area (Å²) in [4.78, 5) is 11.9. The quantitative estimate of drug-likeness (QED) is 0.261. The first-order chi connectivity index (χ1) is 18.0. The monoisotopic (exact) mass is 546 g/mol. The summed E-state index contributed by atoms with van der Waals surface area (Å²) < 4.78 is 29.6. The summed E-state index contributed by atoms with van der Waals surface area (Å²) in [7, 11) is -3.79. The molecule has 0 heterocycles. The van der Waals surface area contributed by atoms with Gasteiger partial charge in [0.2, 0.25) is 15.9 Å². The van der Waals surface area contributed by atoms with Crippen molar-refractivity contribution in [2.24, 2.45) is 5.73 Å². The number of hydrogen-bond donors (Lipinski definition) is 1. The number of carbonyl (C=O) groups excluding carboxylic acids is 1. The number of nitrogens with two attached hydrogens (primary N) is 1. The number of sulfonamides is 1. The van der Waals surface area contributed by atoms with Crippen molar-refractivity contribution >= 4 is 27.5 Å². The molecule has 4 aromatic rings. The van der Waals surface area contributed by atoms with Crippen molar-refractivity contribution < 1.29 is 13.2 Å². The van der Waals surface area contributed by atoms with E-state index in [0.717, 1.165) is 38.9 Å². The Kier molecular flexibility index (Phi) is 8.36. The van der Waals surface area contributed by atoms with E-state index in [1.54, 1.807) is 28.6 Å². The van der Waals surface area contributed by atoms with Crippen LogP contribution < -0.4 is 5.73 Å². The standard InChI is InChI=1S/C31H31ClN2O3S/c1-21-16-22(2)30(23(3)17-21)38(36,37)34(15-14-24-6-4-9-29(32)18-24)20-25-10-12-26(13-11-25)27-7-5-8-28(19-27)31(33)35/h4-13,16-19H,14-15,20H2,1-3H3,(H2,33,35). The van der Waals surface area contributed by atoms with E-state index in [1.807, 2.05) is 81.4 Å². The summed E-state index contributed by atoms with van der Waals surface area (Å²) in [5.41, 5.74) is 12.0. The second-order valence-electron chi connectivity index (χ2n) is 9.59. The molecule has 2 N–H and O–H groups in total. The van der Waals surface area contributed by atoms with Crippen molar-refractivity contribution in [2.75, 3.05) is 6.54 Å². The van der Waals surface area contributed by atoms with Crippen LogP contribution in [-0.4, -0.2) is 25.2 Å². The lowest BCUT2D eigenvalue weighted by Gasteiger charge is -2.25. The zero-order valence-electron chi connectivity index (χ0n) is 21.7. The fourth-order valence-corrected chi connectivity index (χ4v) is 6.84. The Morgan fingerprint density at radius 3 is 2.11 bits per heavy atom. The van der Waals surface area contributed by atoms with Crippen LogP contribution in [0.3, 0.4) is 0 Å². The van der Waals surface area contributed by atoms with E-state index in [9.17, 15) is 13.2 Å². The van der Waals surface area contributed by atoms with Gasteiger partial charge in [-0.2, -0.15) is 4.31 Å². The highest BCUT2D eigenvalue weighted by molar-refractivity contribution is 7.89. The topological polar surface area (TPSA) is 80.5 Å². The number of benzene rings is 4. The Hall–Kier alpha value is -3.45. The van der Waals surface area contributed by atoms with E-state index < -0.39 is 15.9 Å². The molecule has 1 amide bonds. The number of carbonyl (C=O) groups is 1. The highest BCUT2D eigenvalue weighted by atomic mass is 35.5. The van der Waals surface area contributed by atoms with Crippen LogP contribution in [-0.2, 0) is 23.0 Å². The van der Waals surface area contributed by atoms with Gasteiger partial charge in [0.15, 0.2) is 0 Å². The van der Waals surface area contributed by atoms with Gasteiger partial charge in [0.05, 0.1) is 4.90 Å². The van der Waals surface area contributed by atoms with Crippen molar-refractivity contribution in [1.29, 1.82) is 0 Å². The number of amides is 1. The summed E-state index contributed by atoms with van der Waals surface area (Å²) in [5.74, 6) is -0.481. The third-order valence-corrected chi connectivity index (χ3v) is 8.92. The molecule has 0 saturated heterocycles. The van der Waals surface area contributed by atoms with Crippen molar-refractivity contribution in [3.8, 4) is 11.1 Å². The zero-order chi connectivity index (χ0) is 27.4. The number of aryl methyl sites for hydroxylation is 3. The Labute approximate surface area is 229 Å². The molecule has 0 aliphatic carbocycles. The summed E-state index contributed by atoms with van der Waals surface area (Å²) in [6, 6.07) is 26.1. The lowest BCUT2D eigenvalue weighted by molar-refractivity contribution is 0.100. The van der Waals surface area contributed by atoms with Gasteiger partial charge in [-0.1, -0.05) is 77.8 Å². The average Bonchev–Trinajstić information content (AvgIpc) is 2.86. The predicted molar refractivity (Wildman–Crippen MR) is 154 cm³/mol. The molecular weight excluding hydrogens is 516 g/mol. The molecule has 0 aliphatic heterocycles. The maximum Gasteiger partial charge on any atom is 0.248 e. The molecule has 5 nitrogen and oxygen atoms in total. The molecule has 0 radical (unpaired) electrons. The SMILES string of the molecule is Cc1cc(C)c(S(=O)(=O)N(CCc2cccc(Cl)c2)Cc2ccc(-c3cccc(C(N)=O)c3)cc2)c(C)c1. The van der Waals surface area contributed by atoms with E-state index >= 15 is 0 Å². The molecule has 38 heavy (non-hydrogen) atoms. The van der Waals surface area contributed by atoms with Gasteiger partial charge in [-0.3, -0.25) is 4.79 Å². The summed E-state index contributed by atoms with van der Waals surface area (Å²) in [6.45, 7) is 6.18. The zero-order valence-corrected chi connectivity index (χ0v) is 23.3. The third-order valence-electron chi connectivity index (χ3n) is 6.53. The molecule has 0 spiro atoms. The van der Waals surface area contributed by atoms with Crippen molar-refractivity contribution in [2.45, 2.75) is 38.6 Å². The van der Waals surface area contributed by atoms with E-state index in [0.29, 0.717) is 28.4 Å². The minimum Gasteiger partial charge on any atom is -0.366 e. The predicted octanol–water partition coefficient (Wildman–Crippen LogP) is 6.46. The van der Waals surface area contributed by atoms with Gasteiger partial charge in [-0.15, -0.1) is 0 Å². The Morgan fingerprint density at radius 1 is 0.816 bits per heavy atom. The van der Waals surface area contributed by atoms with E-state index in [1.165, 1.54) is 0 Å². The van der Waals surface area contributed by atoms with Crippen LogP contribution in [0.25, 0.3) is 11.1 Å². The molecule has 0 atom stereocenters. The van der Waals surface area contributed by atoms with Gasteiger partial charge in [-0.25, -0.2) is 8.42 Å². The molecule has 0 bridgehead atoms. The Morgan fingerprint density at radius 2 is 1.47 bits per heavy atom. The molecule has 0 fully saturated rings. The van der Waals surface area contributed by atoms with Crippen LogP contribution in [0.15, 0.2) is 89.8 Å². The Balaban J connectivity index is 1.66. The molecule has 0 aliphatic rings. The van der Waals surface area contributed by atoms with E-state index in [-0.39, 0.29) is 6.54 Å². The second kappa shape index (κ2) is 11.5. The largest absolute Gasteiger partial charge is 0.366 e. The Bertz CT molecular complexity index is 1560. The van der Waals surface area contributed by atoms with Crippen molar-refractivity contribution in [1.82, 2.24) is 4.31 Å².